The summed E-state index contributed by atoms with van der Waals surface area (Å²) < 4.78 is 0. The Morgan fingerprint density at radius 2 is 0.700 bits per heavy atom. The monoisotopic (exact) mass is 902 g/mol. The molecular formula is C68H58N2. The van der Waals surface area contributed by atoms with E-state index >= 15 is 0 Å². The molecule has 0 amide bonds. The molecule has 0 N–H and O–H groups in total. The molecule has 2 heteroatoms. The SMILES string of the molecule is C=C(C)N(c1ccccc1)c1ccc(-c2ccc3c(c2)C2(c4ccccc4-3)c3ccccc3-c3c(-c4ccc(N(c5ccccc5)c5ccc(-c6ccccc6)cc5)cc4)cccc32)cc1.CC.CC. The molecule has 10 aromatic rings. The lowest BCUT2D eigenvalue weighted by Gasteiger charge is -2.31. The Morgan fingerprint density at radius 1 is 0.314 bits per heavy atom. The molecule has 12 rings (SSSR count). The number of nitrogens with zero attached hydrogens (tertiary/aromatic N) is 2. The van der Waals surface area contributed by atoms with Crippen LogP contribution >= 0.6 is 0 Å². The second kappa shape index (κ2) is 19.6. The van der Waals surface area contributed by atoms with E-state index in [1.165, 1.54) is 77.9 Å². The minimum absolute atomic E-state index is 0.482. The third-order valence-electron chi connectivity index (χ3n) is 13.7. The minimum Gasteiger partial charge on any atom is -0.315 e. The molecule has 2 aliphatic rings. The fourth-order valence-corrected chi connectivity index (χ4v) is 10.8. The van der Waals surface area contributed by atoms with E-state index in [1.54, 1.807) is 0 Å². The quantitative estimate of drug-likeness (QED) is 0.142. The fourth-order valence-electron chi connectivity index (χ4n) is 10.8. The van der Waals surface area contributed by atoms with Crippen LogP contribution in [-0.2, 0) is 5.41 Å². The Morgan fingerprint density at radius 3 is 1.30 bits per heavy atom. The number of hydrogen-bond acceptors (Lipinski definition) is 2. The van der Waals surface area contributed by atoms with Gasteiger partial charge in [-0.3, -0.25) is 0 Å². The predicted molar refractivity (Wildman–Crippen MR) is 300 cm³/mol. The molecule has 0 heterocycles. The number of fused-ring (bicyclic) bond motifs is 10. The van der Waals surface area contributed by atoms with Gasteiger partial charge in [0.15, 0.2) is 0 Å². The molecule has 0 fully saturated rings. The van der Waals surface area contributed by atoms with Gasteiger partial charge in [0.25, 0.3) is 0 Å². The zero-order chi connectivity index (χ0) is 48.2. The molecule has 1 atom stereocenters. The molecule has 10 aromatic carbocycles. The molecular weight excluding hydrogens is 845 g/mol. The van der Waals surface area contributed by atoms with Gasteiger partial charge in [0.05, 0.1) is 5.41 Å². The number of allylic oxidation sites excluding steroid dienone is 1. The summed E-state index contributed by atoms with van der Waals surface area (Å²) in [6.07, 6.45) is 0. The van der Waals surface area contributed by atoms with Gasteiger partial charge in [0.1, 0.15) is 0 Å². The van der Waals surface area contributed by atoms with E-state index in [9.17, 15) is 0 Å². The molecule has 2 aliphatic carbocycles. The van der Waals surface area contributed by atoms with Gasteiger partial charge in [-0.2, -0.15) is 0 Å². The molecule has 0 saturated carbocycles. The van der Waals surface area contributed by atoms with Crippen LogP contribution in [0.5, 0.6) is 0 Å². The van der Waals surface area contributed by atoms with Crippen LogP contribution in [0.3, 0.4) is 0 Å². The Kier molecular flexibility index (Phi) is 12.7. The van der Waals surface area contributed by atoms with Crippen LogP contribution in [0.25, 0.3) is 55.6 Å². The van der Waals surface area contributed by atoms with Gasteiger partial charge in [-0.05, 0) is 152 Å². The molecule has 70 heavy (non-hydrogen) atoms. The number of hydrogen-bond donors (Lipinski definition) is 0. The van der Waals surface area contributed by atoms with E-state index in [4.69, 9.17) is 0 Å². The fraction of sp³-hybridized carbons (Fsp3) is 0.0882. The smallest absolute Gasteiger partial charge is 0.0725 e. The van der Waals surface area contributed by atoms with Crippen LogP contribution in [0, 0.1) is 0 Å². The highest BCUT2D eigenvalue weighted by Crippen LogP contribution is 2.64. The molecule has 0 aliphatic heterocycles. The minimum atomic E-state index is -0.482. The number of anilines is 5. The van der Waals surface area contributed by atoms with Crippen molar-refractivity contribution >= 4 is 28.4 Å². The molecule has 340 valence electrons. The third kappa shape index (κ3) is 7.72. The van der Waals surface area contributed by atoms with Gasteiger partial charge >= 0.3 is 0 Å². The van der Waals surface area contributed by atoms with Crippen LogP contribution in [0.2, 0.25) is 0 Å². The van der Waals surface area contributed by atoms with E-state index in [0.717, 1.165) is 34.1 Å². The van der Waals surface area contributed by atoms with Crippen molar-refractivity contribution in [3.63, 3.8) is 0 Å². The van der Waals surface area contributed by atoms with E-state index < -0.39 is 5.41 Å². The van der Waals surface area contributed by atoms with Crippen LogP contribution in [0.1, 0.15) is 56.9 Å². The van der Waals surface area contributed by atoms with E-state index in [-0.39, 0.29) is 0 Å². The van der Waals surface area contributed by atoms with Crippen molar-refractivity contribution in [2.24, 2.45) is 0 Å². The Labute approximate surface area is 415 Å². The zero-order valence-electron chi connectivity index (χ0n) is 40.8. The number of rotatable bonds is 9. The third-order valence-corrected chi connectivity index (χ3v) is 13.7. The van der Waals surface area contributed by atoms with Crippen LogP contribution in [0.4, 0.5) is 28.4 Å². The predicted octanol–water partition coefficient (Wildman–Crippen LogP) is 19.2. The highest BCUT2D eigenvalue weighted by atomic mass is 15.1. The first-order chi connectivity index (χ1) is 34.6. The van der Waals surface area contributed by atoms with Gasteiger partial charge in [-0.15, -0.1) is 0 Å². The average molecular weight is 903 g/mol. The number of para-hydroxylation sites is 2. The second-order valence-corrected chi connectivity index (χ2v) is 17.4. The normalized spacial score (nSPS) is 13.3. The summed E-state index contributed by atoms with van der Waals surface area (Å²) in [5.74, 6) is 0. The van der Waals surface area contributed by atoms with Gasteiger partial charge in [-0.25, -0.2) is 0 Å². The first-order valence-corrected chi connectivity index (χ1v) is 24.8. The van der Waals surface area contributed by atoms with Crippen LogP contribution in [0.15, 0.2) is 261 Å². The maximum absolute atomic E-state index is 4.32. The molecule has 1 spiro atoms. The van der Waals surface area contributed by atoms with Gasteiger partial charge in [0, 0.05) is 34.1 Å². The van der Waals surface area contributed by atoms with E-state index in [2.05, 4.69) is 272 Å². The van der Waals surface area contributed by atoms with E-state index in [0.29, 0.717) is 0 Å². The highest BCUT2D eigenvalue weighted by Gasteiger charge is 2.52. The lowest BCUT2D eigenvalue weighted by Crippen LogP contribution is -2.25. The summed E-state index contributed by atoms with van der Waals surface area (Å²) >= 11 is 0. The number of benzene rings is 10. The van der Waals surface area contributed by atoms with Crippen molar-refractivity contribution in [3.8, 4) is 55.6 Å². The molecule has 1 unspecified atom stereocenters. The van der Waals surface area contributed by atoms with Crippen LogP contribution < -0.4 is 9.80 Å². The largest absolute Gasteiger partial charge is 0.315 e. The lowest BCUT2D eigenvalue weighted by atomic mass is 9.70. The summed E-state index contributed by atoms with van der Waals surface area (Å²) in [5.41, 5.74) is 23.7. The summed E-state index contributed by atoms with van der Waals surface area (Å²) in [6.45, 7) is 14.4. The van der Waals surface area contributed by atoms with Gasteiger partial charge < -0.3 is 9.80 Å². The summed E-state index contributed by atoms with van der Waals surface area (Å²) in [7, 11) is 0. The lowest BCUT2D eigenvalue weighted by molar-refractivity contribution is 0.794. The average Bonchev–Trinajstić information content (AvgIpc) is 3.91. The van der Waals surface area contributed by atoms with Crippen molar-refractivity contribution in [2.45, 2.75) is 40.0 Å². The molecule has 0 bridgehead atoms. The zero-order valence-corrected chi connectivity index (χ0v) is 40.8. The van der Waals surface area contributed by atoms with E-state index in [1.807, 2.05) is 27.7 Å². The van der Waals surface area contributed by atoms with Crippen molar-refractivity contribution in [1.29, 1.82) is 0 Å². The summed E-state index contributed by atoms with van der Waals surface area (Å²) in [6, 6.07) is 90.9. The summed E-state index contributed by atoms with van der Waals surface area (Å²) in [4.78, 5) is 4.55. The topological polar surface area (TPSA) is 6.48 Å². The molecule has 2 nitrogen and oxygen atoms in total. The first kappa shape index (κ1) is 45.3. The molecule has 0 radical (unpaired) electrons. The molecule has 0 saturated heterocycles. The van der Waals surface area contributed by atoms with Gasteiger partial charge in [0.2, 0.25) is 0 Å². The van der Waals surface area contributed by atoms with Gasteiger partial charge in [-0.1, -0.05) is 216 Å². The first-order valence-electron chi connectivity index (χ1n) is 24.8. The Hall–Kier alpha value is -8.46. The van der Waals surface area contributed by atoms with Crippen molar-refractivity contribution in [1.82, 2.24) is 0 Å². The van der Waals surface area contributed by atoms with Crippen molar-refractivity contribution in [3.05, 3.63) is 283 Å². The second-order valence-electron chi connectivity index (χ2n) is 17.4. The Balaban J connectivity index is 0.00000138. The maximum atomic E-state index is 4.32. The summed E-state index contributed by atoms with van der Waals surface area (Å²) in [5, 5.41) is 0. The highest BCUT2D eigenvalue weighted by molar-refractivity contribution is 6.00. The molecule has 0 aromatic heterocycles. The van der Waals surface area contributed by atoms with Crippen molar-refractivity contribution in [2.75, 3.05) is 9.80 Å². The standard InChI is InChI=1S/C64H46N2.2C2H6/c1-44(2)65(50-19-8-4-9-20-50)52-36-31-47(32-37-52)49-35-42-57-56-23-12-14-26-59(56)64(62(57)43-49)60-27-15-13-24-58(60)63-55(25-16-28-61(63)64)48-33-40-54(41-34-48)66(51-21-10-5-11-22-51)53-38-29-46(30-39-53)45-17-6-3-7-18-45;2*1-2/h3-43H,1H2,2H3;2*1-2H3. The van der Waals surface area contributed by atoms with Crippen LogP contribution in [-0.4, -0.2) is 0 Å². The Bertz CT molecular complexity index is 3410. The van der Waals surface area contributed by atoms with Crippen molar-refractivity contribution < 1.29 is 0 Å². The maximum Gasteiger partial charge on any atom is 0.0725 e.